The van der Waals surface area contributed by atoms with Crippen molar-refractivity contribution in [3.63, 3.8) is 0 Å². The largest absolute Gasteiger partial charge is 0.0991 e. The second-order valence-electron chi connectivity index (χ2n) is 3.50. The smallest absolute Gasteiger partial charge is 0.00575 e. The van der Waals surface area contributed by atoms with E-state index < -0.39 is 0 Å². The lowest BCUT2D eigenvalue weighted by Crippen LogP contribution is -1.99. The average molecular weight is 274 g/mol. The molecule has 0 heterocycles. The van der Waals surface area contributed by atoms with Crippen LogP contribution in [0, 0.1) is 5.92 Å². The predicted molar refractivity (Wildman–Crippen MR) is 98.0 cm³/mol. The maximum Gasteiger partial charge on any atom is 0.00575 e. The fourth-order valence-corrected chi connectivity index (χ4v) is 1.46. The third-order valence-corrected chi connectivity index (χ3v) is 2.47. The van der Waals surface area contributed by atoms with Gasteiger partial charge in [-0.2, -0.15) is 0 Å². The maximum atomic E-state index is 3.86. The first-order valence-electron chi connectivity index (χ1n) is 7.61. The van der Waals surface area contributed by atoms with E-state index in [1.54, 1.807) is 6.08 Å². The zero-order valence-electron chi connectivity index (χ0n) is 14.6. The summed E-state index contributed by atoms with van der Waals surface area (Å²) in [5.41, 5.74) is 2.50. The molecule has 20 heavy (non-hydrogen) atoms. The highest BCUT2D eigenvalue weighted by molar-refractivity contribution is 5.36. The van der Waals surface area contributed by atoms with Gasteiger partial charge in [0.25, 0.3) is 0 Å². The van der Waals surface area contributed by atoms with E-state index in [0.29, 0.717) is 5.92 Å². The highest BCUT2D eigenvalue weighted by atomic mass is 14.1. The van der Waals surface area contributed by atoms with Gasteiger partial charge in [-0.3, -0.25) is 0 Å². The van der Waals surface area contributed by atoms with Gasteiger partial charge < -0.3 is 0 Å². The van der Waals surface area contributed by atoms with E-state index in [2.05, 4.69) is 45.2 Å². The summed E-state index contributed by atoms with van der Waals surface area (Å²) >= 11 is 0. The van der Waals surface area contributed by atoms with E-state index >= 15 is 0 Å². The van der Waals surface area contributed by atoms with Crippen LogP contribution < -0.4 is 0 Å². The zero-order valence-corrected chi connectivity index (χ0v) is 14.6. The third-order valence-electron chi connectivity index (χ3n) is 2.47. The third kappa shape index (κ3) is 11.5. The van der Waals surface area contributed by atoms with Crippen molar-refractivity contribution in [1.82, 2.24) is 0 Å². The van der Waals surface area contributed by atoms with E-state index in [1.807, 2.05) is 58.9 Å². The molecule has 0 heteroatoms. The van der Waals surface area contributed by atoms with Gasteiger partial charge in [0.05, 0.1) is 0 Å². The van der Waals surface area contributed by atoms with Gasteiger partial charge in [-0.1, -0.05) is 96.4 Å². The Morgan fingerprint density at radius 3 is 1.80 bits per heavy atom. The lowest BCUT2D eigenvalue weighted by Gasteiger charge is -2.13. The van der Waals surface area contributed by atoms with Crippen molar-refractivity contribution < 1.29 is 0 Å². The van der Waals surface area contributed by atoms with Crippen LogP contribution >= 0.6 is 0 Å². The van der Waals surface area contributed by atoms with Gasteiger partial charge in [0.1, 0.15) is 0 Å². The van der Waals surface area contributed by atoms with E-state index in [0.717, 1.165) is 0 Å². The Hall–Kier alpha value is -1.56. The average Bonchev–Trinajstić information content (AvgIpc) is 2.52. The molecule has 0 bridgehead atoms. The molecular formula is C20H34. The summed E-state index contributed by atoms with van der Waals surface area (Å²) in [6.07, 6.45) is 16.0. The van der Waals surface area contributed by atoms with Gasteiger partial charge in [0.2, 0.25) is 0 Å². The molecule has 0 saturated carbocycles. The Labute approximate surface area is 128 Å². The predicted octanol–water partition coefficient (Wildman–Crippen LogP) is 7.05. The highest BCUT2D eigenvalue weighted by Crippen LogP contribution is 2.22. The summed E-state index contributed by atoms with van der Waals surface area (Å²) in [6, 6.07) is 0. The van der Waals surface area contributed by atoms with Crippen molar-refractivity contribution in [3.8, 4) is 0 Å². The lowest BCUT2D eigenvalue weighted by atomic mass is 9.91. The molecule has 0 aromatic heterocycles. The molecule has 0 spiro atoms. The normalized spacial score (nSPS) is 13.2. The highest BCUT2D eigenvalue weighted by Gasteiger charge is 2.07. The van der Waals surface area contributed by atoms with Gasteiger partial charge >= 0.3 is 0 Å². The fourth-order valence-electron chi connectivity index (χ4n) is 1.46. The molecule has 114 valence electrons. The Kier molecular flexibility index (Phi) is 23.3. The topological polar surface area (TPSA) is 0 Å². The van der Waals surface area contributed by atoms with Crippen LogP contribution in [0.2, 0.25) is 0 Å². The molecule has 0 aromatic carbocycles. The van der Waals surface area contributed by atoms with Crippen molar-refractivity contribution in [3.05, 3.63) is 72.9 Å². The van der Waals surface area contributed by atoms with Gasteiger partial charge in [-0.15, -0.1) is 0 Å². The molecule has 0 aliphatic carbocycles. The lowest BCUT2D eigenvalue weighted by molar-refractivity contribution is 0.846. The van der Waals surface area contributed by atoms with Crippen LogP contribution in [0.15, 0.2) is 72.9 Å². The molecule has 0 aliphatic rings. The van der Waals surface area contributed by atoms with E-state index in [-0.39, 0.29) is 0 Å². The fraction of sp³-hybridized carbons (Fsp3) is 0.400. The summed E-state index contributed by atoms with van der Waals surface area (Å²) in [5.74, 6) is 0.356. The molecule has 0 fully saturated rings. The summed E-state index contributed by atoms with van der Waals surface area (Å²) in [6.45, 7) is 21.8. The van der Waals surface area contributed by atoms with Crippen LogP contribution in [0.4, 0.5) is 0 Å². The van der Waals surface area contributed by atoms with Gasteiger partial charge in [-0.05, 0) is 25.0 Å². The summed E-state index contributed by atoms with van der Waals surface area (Å²) in [5, 5.41) is 0. The van der Waals surface area contributed by atoms with Gasteiger partial charge in [0, 0.05) is 5.92 Å². The molecule has 0 nitrogen and oxygen atoms in total. The van der Waals surface area contributed by atoms with Crippen LogP contribution in [-0.2, 0) is 0 Å². The molecule has 0 aliphatic heterocycles. The van der Waals surface area contributed by atoms with Gasteiger partial charge in [-0.25, -0.2) is 0 Å². The monoisotopic (exact) mass is 274 g/mol. The van der Waals surface area contributed by atoms with E-state index in [1.165, 1.54) is 11.1 Å². The molecule has 0 saturated heterocycles. The summed E-state index contributed by atoms with van der Waals surface area (Å²) in [4.78, 5) is 0. The minimum atomic E-state index is 0.356. The van der Waals surface area contributed by atoms with Crippen molar-refractivity contribution in [2.75, 3.05) is 0 Å². The number of rotatable bonds is 6. The molecule has 1 atom stereocenters. The van der Waals surface area contributed by atoms with Crippen LogP contribution in [0.25, 0.3) is 0 Å². The summed E-state index contributed by atoms with van der Waals surface area (Å²) in [7, 11) is 0. The molecule has 0 aromatic rings. The Balaban J connectivity index is -0.000000656. The Morgan fingerprint density at radius 2 is 1.45 bits per heavy atom. The van der Waals surface area contributed by atoms with E-state index in [4.69, 9.17) is 0 Å². The van der Waals surface area contributed by atoms with Crippen LogP contribution in [0.5, 0.6) is 0 Å². The van der Waals surface area contributed by atoms with Crippen LogP contribution in [-0.4, -0.2) is 0 Å². The standard InChI is InChI=1S/C16H22.2C2H6/c1-6-10-12-15(8-3)14(5)16(9-4)13-11-7-2;2*1-2/h6-14H,1,4H2,2-3,5H3;2*1-2H3/b11-7-,12-10-,15-8+,16-13+;;. The summed E-state index contributed by atoms with van der Waals surface area (Å²) < 4.78 is 0. The van der Waals surface area contributed by atoms with E-state index in [9.17, 15) is 0 Å². The minimum absolute atomic E-state index is 0.356. The first-order valence-corrected chi connectivity index (χ1v) is 7.61. The molecule has 1 unspecified atom stereocenters. The minimum Gasteiger partial charge on any atom is -0.0991 e. The van der Waals surface area contributed by atoms with Crippen LogP contribution in [0.3, 0.4) is 0 Å². The van der Waals surface area contributed by atoms with Crippen molar-refractivity contribution in [2.45, 2.75) is 48.5 Å². The Bertz CT molecular complexity index is 335. The second-order valence-corrected chi connectivity index (χ2v) is 3.50. The number of hydrogen-bond acceptors (Lipinski definition) is 0. The second kappa shape index (κ2) is 19.8. The molecule has 0 rings (SSSR count). The molecule has 0 amide bonds. The first-order chi connectivity index (χ1) is 9.71. The maximum absolute atomic E-state index is 3.86. The molecule has 0 N–H and O–H groups in total. The molecular weight excluding hydrogens is 240 g/mol. The van der Waals surface area contributed by atoms with Crippen molar-refractivity contribution in [1.29, 1.82) is 0 Å². The first kappa shape index (κ1) is 23.5. The number of allylic oxidation sites excluding steroid dienone is 10. The van der Waals surface area contributed by atoms with Gasteiger partial charge in [0.15, 0.2) is 0 Å². The van der Waals surface area contributed by atoms with Crippen molar-refractivity contribution in [2.24, 2.45) is 5.92 Å². The quantitative estimate of drug-likeness (QED) is 0.455. The zero-order chi connectivity index (χ0) is 16.4. The SMILES string of the molecule is C=C/C=C\C(=C/C)C(C)/C(C=C)=C/C=C\C.CC.CC. The van der Waals surface area contributed by atoms with Crippen LogP contribution in [0.1, 0.15) is 48.5 Å². The van der Waals surface area contributed by atoms with Crippen molar-refractivity contribution >= 4 is 0 Å². The molecule has 0 radical (unpaired) electrons. The number of hydrogen-bond donors (Lipinski definition) is 0. The Morgan fingerprint density at radius 1 is 0.900 bits per heavy atom.